The third-order valence-electron chi connectivity index (χ3n) is 4.18. The van der Waals surface area contributed by atoms with Crippen LogP contribution in [0.1, 0.15) is 12.5 Å². The Morgan fingerprint density at radius 1 is 0.966 bits per heavy atom. The van der Waals surface area contributed by atoms with Crippen molar-refractivity contribution < 1.29 is 28.5 Å². The molecule has 0 aromatic heterocycles. The van der Waals surface area contributed by atoms with E-state index in [2.05, 4.69) is 0 Å². The highest BCUT2D eigenvalue weighted by atomic mass is 32.2. The number of amides is 2. The first-order chi connectivity index (χ1) is 14.0. The molecule has 0 N–H and O–H groups in total. The van der Waals surface area contributed by atoms with Crippen LogP contribution in [0.4, 0.5) is 10.5 Å². The molecule has 2 amide bonds. The van der Waals surface area contributed by atoms with Crippen molar-refractivity contribution in [3.05, 3.63) is 46.9 Å². The van der Waals surface area contributed by atoms with Crippen LogP contribution >= 0.6 is 11.8 Å². The second kappa shape index (κ2) is 8.91. The predicted octanol–water partition coefficient (Wildman–Crippen LogP) is 4.35. The zero-order valence-electron chi connectivity index (χ0n) is 16.6. The summed E-state index contributed by atoms with van der Waals surface area (Å²) in [7, 11) is 4.54. The monoisotopic (exact) mass is 415 g/mol. The Bertz CT molecular complexity index is 946. The molecule has 0 aliphatic carbocycles. The third kappa shape index (κ3) is 4.02. The number of rotatable bonds is 7. The molecule has 8 heteroatoms. The topological polar surface area (TPSA) is 74.3 Å². The minimum Gasteiger partial charge on any atom is -0.493 e. The van der Waals surface area contributed by atoms with Gasteiger partial charge in [0.05, 0.1) is 38.5 Å². The van der Waals surface area contributed by atoms with Crippen LogP contribution in [-0.2, 0) is 4.79 Å². The summed E-state index contributed by atoms with van der Waals surface area (Å²) in [6, 6.07) is 10.4. The number of anilines is 1. The number of ether oxygens (including phenoxy) is 4. The van der Waals surface area contributed by atoms with Crippen molar-refractivity contribution in [1.29, 1.82) is 0 Å². The van der Waals surface area contributed by atoms with Gasteiger partial charge in [0.1, 0.15) is 5.75 Å². The molecule has 152 valence electrons. The summed E-state index contributed by atoms with van der Waals surface area (Å²) in [5, 5.41) is -0.388. The third-order valence-corrected chi connectivity index (χ3v) is 5.05. The molecule has 0 unspecified atom stereocenters. The molecule has 29 heavy (non-hydrogen) atoms. The van der Waals surface area contributed by atoms with E-state index in [1.807, 2.05) is 6.92 Å². The molecule has 2 aromatic rings. The first kappa shape index (κ1) is 20.6. The highest BCUT2D eigenvalue weighted by molar-refractivity contribution is 8.19. The van der Waals surface area contributed by atoms with E-state index < -0.39 is 5.91 Å². The minimum atomic E-state index is -0.416. The lowest BCUT2D eigenvalue weighted by Crippen LogP contribution is -2.28. The summed E-state index contributed by atoms with van der Waals surface area (Å²) in [6.07, 6.45) is 1.62. The molecule has 1 saturated heterocycles. The van der Waals surface area contributed by atoms with Crippen LogP contribution in [0.15, 0.2) is 41.3 Å². The van der Waals surface area contributed by atoms with Gasteiger partial charge in [0, 0.05) is 0 Å². The van der Waals surface area contributed by atoms with E-state index in [4.69, 9.17) is 18.9 Å². The van der Waals surface area contributed by atoms with Crippen molar-refractivity contribution in [2.24, 2.45) is 0 Å². The van der Waals surface area contributed by atoms with E-state index in [0.717, 1.165) is 16.7 Å². The van der Waals surface area contributed by atoms with Crippen LogP contribution in [-0.4, -0.2) is 39.1 Å². The fourth-order valence-electron chi connectivity index (χ4n) is 2.93. The zero-order chi connectivity index (χ0) is 21.0. The molecule has 1 aliphatic rings. The van der Waals surface area contributed by atoms with Gasteiger partial charge in [-0.15, -0.1) is 0 Å². The fourth-order valence-corrected chi connectivity index (χ4v) is 3.77. The van der Waals surface area contributed by atoms with Gasteiger partial charge < -0.3 is 18.9 Å². The molecule has 0 radical (unpaired) electrons. The molecular weight excluding hydrogens is 394 g/mol. The fraction of sp³-hybridized carbons (Fsp3) is 0.238. The number of para-hydroxylation sites is 2. The second-order valence-electron chi connectivity index (χ2n) is 5.88. The molecule has 1 heterocycles. The number of imide groups is 1. The standard InChI is InChI=1S/C21H21NO6S/c1-5-28-15-9-7-6-8-14(15)22-20(23)18(29-21(22)24)12-13-10-16(25-2)19(27-4)17(11-13)26-3/h6-12H,5H2,1-4H3/b18-12-. The number of methoxy groups -OCH3 is 3. The number of carbonyl (C=O) groups is 2. The Balaban J connectivity index is 1.99. The number of nitrogens with zero attached hydrogens (tertiary/aromatic N) is 1. The molecular formula is C21H21NO6S. The first-order valence-electron chi connectivity index (χ1n) is 8.83. The van der Waals surface area contributed by atoms with E-state index in [0.29, 0.717) is 40.9 Å². The van der Waals surface area contributed by atoms with Crippen molar-refractivity contribution in [2.75, 3.05) is 32.8 Å². The first-order valence-corrected chi connectivity index (χ1v) is 9.65. The number of thioether (sulfide) groups is 1. The normalized spacial score (nSPS) is 15.0. The van der Waals surface area contributed by atoms with Crippen molar-refractivity contribution >= 4 is 34.7 Å². The molecule has 0 saturated carbocycles. The highest BCUT2D eigenvalue weighted by Crippen LogP contribution is 2.42. The molecule has 1 aliphatic heterocycles. The van der Waals surface area contributed by atoms with Crippen molar-refractivity contribution in [2.45, 2.75) is 6.92 Å². The van der Waals surface area contributed by atoms with Crippen LogP contribution in [0.3, 0.4) is 0 Å². The molecule has 0 atom stereocenters. The van der Waals surface area contributed by atoms with Gasteiger partial charge in [-0.3, -0.25) is 9.59 Å². The van der Waals surface area contributed by atoms with E-state index >= 15 is 0 Å². The number of hydrogen-bond acceptors (Lipinski definition) is 7. The average Bonchev–Trinajstić information content (AvgIpc) is 3.00. The zero-order valence-corrected chi connectivity index (χ0v) is 17.4. The maximum Gasteiger partial charge on any atom is 0.298 e. The molecule has 3 rings (SSSR count). The van der Waals surface area contributed by atoms with Crippen LogP contribution < -0.4 is 23.8 Å². The van der Waals surface area contributed by atoms with E-state index in [1.165, 1.54) is 21.3 Å². The molecule has 2 aromatic carbocycles. The van der Waals surface area contributed by atoms with Crippen LogP contribution in [0.2, 0.25) is 0 Å². The Labute approximate surface area is 173 Å². The average molecular weight is 415 g/mol. The van der Waals surface area contributed by atoms with Gasteiger partial charge in [-0.2, -0.15) is 0 Å². The Morgan fingerprint density at radius 3 is 2.21 bits per heavy atom. The van der Waals surface area contributed by atoms with Crippen molar-refractivity contribution in [3.63, 3.8) is 0 Å². The van der Waals surface area contributed by atoms with Crippen molar-refractivity contribution in [3.8, 4) is 23.0 Å². The summed E-state index contributed by atoms with van der Waals surface area (Å²) in [5.41, 5.74) is 1.06. The predicted molar refractivity (Wildman–Crippen MR) is 112 cm³/mol. The van der Waals surface area contributed by atoms with Gasteiger partial charge in [0.15, 0.2) is 11.5 Å². The second-order valence-corrected chi connectivity index (χ2v) is 6.87. The Morgan fingerprint density at radius 2 is 1.62 bits per heavy atom. The number of carbonyl (C=O) groups excluding carboxylic acids is 2. The number of hydrogen-bond donors (Lipinski definition) is 0. The van der Waals surface area contributed by atoms with Crippen LogP contribution in [0.25, 0.3) is 6.08 Å². The molecule has 0 spiro atoms. The Hall–Kier alpha value is -3.13. The van der Waals surface area contributed by atoms with Crippen LogP contribution in [0.5, 0.6) is 23.0 Å². The van der Waals surface area contributed by atoms with Crippen LogP contribution in [0, 0.1) is 0 Å². The maximum absolute atomic E-state index is 13.0. The van der Waals surface area contributed by atoms with Gasteiger partial charge in [0.2, 0.25) is 5.75 Å². The lowest BCUT2D eigenvalue weighted by atomic mass is 10.1. The molecule has 0 bridgehead atoms. The van der Waals surface area contributed by atoms with Gasteiger partial charge in [0.25, 0.3) is 11.1 Å². The van der Waals surface area contributed by atoms with Gasteiger partial charge in [-0.25, -0.2) is 4.90 Å². The Kier molecular flexibility index (Phi) is 6.33. The van der Waals surface area contributed by atoms with E-state index in [9.17, 15) is 9.59 Å². The summed E-state index contributed by atoms with van der Waals surface area (Å²) < 4.78 is 21.6. The number of benzene rings is 2. The summed E-state index contributed by atoms with van der Waals surface area (Å²) in [6.45, 7) is 2.27. The lowest BCUT2D eigenvalue weighted by molar-refractivity contribution is -0.113. The minimum absolute atomic E-state index is 0.288. The summed E-state index contributed by atoms with van der Waals surface area (Å²) >= 11 is 0.865. The van der Waals surface area contributed by atoms with Crippen molar-refractivity contribution in [1.82, 2.24) is 0 Å². The van der Waals surface area contributed by atoms with Gasteiger partial charge >= 0.3 is 0 Å². The summed E-state index contributed by atoms with van der Waals surface area (Å²) in [5.74, 6) is 1.43. The highest BCUT2D eigenvalue weighted by Gasteiger charge is 2.37. The van der Waals surface area contributed by atoms with E-state index in [1.54, 1.807) is 42.5 Å². The van der Waals surface area contributed by atoms with Gasteiger partial charge in [-0.05, 0) is 54.6 Å². The van der Waals surface area contributed by atoms with Gasteiger partial charge in [-0.1, -0.05) is 12.1 Å². The molecule has 7 nitrogen and oxygen atoms in total. The SMILES string of the molecule is CCOc1ccccc1N1C(=O)S/C(=C\c2cc(OC)c(OC)c(OC)c2)C1=O. The summed E-state index contributed by atoms with van der Waals surface area (Å²) in [4.78, 5) is 27.0. The maximum atomic E-state index is 13.0. The largest absolute Gasteiger partial charge is 0.493 e. The lowest BCUT2D eigenvalue weighted by Gasteiger charge is -2.16. The smallest absolute Gasteiger partial charge is 0.298 e. The molecule has 1 fully saturated rings. The quantitative estimate of drug-likeness (QED) is 0.622. The van der Waals surface area contributed by atoms with E-state index in [-0.39, 0.29) is 10.1 Å².